The van der Waals surface area contributed by atoms with E-state index in [4.69, 9.17) is 19.4 Å². The van der Waals surface area contributed by atoms with Gasteiger partial charge in [0.1, 0.15) is 0 Å². The van der Waals surface area contributed by atoms with E-state index in [9.17, 15) is 0 Å². The number of halogens is 3. The second-order valence-electron chi connectivity index (χ2n) is 0.124. The number of hydrogen-bond acceptors (Lipinski definition) is 0. The molecule has 0 aliphatic heterocycles. The molecule has 0 rings (SSSR count). The van der Waals surface area contributed by atoms with Crippen molar-refractivity contribution in [1.82, 2.24) is 0 Å². The summed E-state index contributed by atoms with van der Waals surface area (Å²) in [5.74, 6) is 0. The fraction of sp³-hybridized carbons (Fsp3) is 0. The second kappa shape index (κ2) is 7.22. The van der Waals surface area contributed by atoms with Crippen molar-refractivity contribution in [2.24, 2.45) is 0 Å². The molecule has 36 valence electrons. The molecule has 5 heteroatoms. The van der Waals surface area contributed by atoms with Crippen LogP contribution >= 0.6 is 19.4 Å². The van der Waals surface area contributed by atoms with Gasteiger partial charge in [-0.25, -0.2) is 0 Å². The Kier molecular flexibility index (Phi) is 16.0. The van der Waals surface area contributed by atoms with E-state index >= 15 is 0 Å². The summed E-state index contributed by atoms with van der Waals surface area (Å²) in [4.78, 5) is 0. The minimum atomic E-state index is -1.72. The molecule has 0 aliphatic rings. The van der Waals surface area contributed by atoms with Crippen LogP contribution in [0.2, 0.25) is 0 Å². The van der Waals surface area contributed by atoms with E-state index < -0.39 is 27.0 Å². The zero-order chi connectivity index (χ0) is 3.58. The predicted molar refractivity (Wildman–Crippen MR) is 17.6 cm³/mol. The Morgan fingerprint density at radius 3 is 1.00 bits per heavy atom. The van der Waals surface area contributed by atoms with E-state index in [-0.39, 0.29) is 32.7 Å². The van der Waals surface area contributed by atoms with Crippen LogP contribution in [0.4, 0.5) is 0 Å². The summed E-state index contributed by atoms with van der Waals surface area (Å²) in [6.07, 6.45) is 0. The Bertz CT molecular complexity index is 11.6. The summed E-state index contributed by atoms with van der Waals surface area (Å²) < 4.78 is 0. The van der Waals surface area contributed by atoms with Gasteiger partial charge in [-0.15, -0.1) is 0 Å². The van der Waals surface area contributed by atoms with Gasteiger partial charge in [-0.05, 0) is 0 Å². The third-order valence-corrected chi connectivity index (χ3v) is 0. The summed E-state index contributed by atoms with van der Waals surface area (Å²) in [6, 6.07) is 0. The van der Waals surface area contributed by atoms with Crippen molar-refractivity contribution in [2.75, 3.05) is 0 Å². The summed E-state index contributed by atoms with van der Waals surface area (Å²) in [5.41, 5.74) is 0. The SMILES string of the molecule is [Cl][Er]([Cl])[Cl].[Y]. The van der Waals surface area contributed by atoms with E-state index in [2.05, 4.69) is 0 Å². The molecular weight excluding hydrogens is 363 g/mol. The molecule has 0 spiro atoms. The first kappa shape index (κ1) is 11.1. The van der Waals surface area contributed by atoms with Gasteiger partial charge in [0.25, 0.3) is 0 Å². The normalized spacial score (nSPS) is 9.00. The van der Waals surface area contributed by atoms with Crippen molar-refractivity contribution in [3.63, 3.8) is 0 Å². The number of hydrogen-bond donors (Lipinski definition) is 0. The van der Waals surface area contributed by atoms with Crippen LogP contribution in [0.15, 0.2) is 0 Å². The van der Waals surface area contributed by atoms with Crippen molar-refractivity contribution in [3.8, 4) is 0 Å². The minimum Gasteiger partial charge on any atom is 0 e. The molecule has 0 aromatic heterocycles. The van der Waals surface area contributed by atoms with Gasteiger partial charge in [0, 0.05) is 32.7 Å². The quantitative estimate of drug-likeness (QED) is 0.619. The second-order valence-corrected chi connectivity index (χ2v) is 8.26. The molecular formula is Cl3ErY. The fourth-order valence-electron chi connectivity index (χ4n) is 0. The van der Waals surface area contributed by atoms with Crippen LogP contribution in [-0.2, 0) is 32.7 Å². The molecule has 0 bridgehead atoms. The maximum absolute atomic E-state index is 4.94. The van der Waals surface area contributed by atoms with E-state index in [0.717, 1.165) is 0 Å². The molecule has 0 aromatic carbocycles. The van der Waals surface area contributed by atoms with Crippen molar-refractivity contribution < 1.29 is 59.8 Å². The first-order valence-electron chi connectivity index (χ1n) is 0.327. The molecule has 0 nitrogen and oxygen atoms in total. The van der Waals surface area contributed by atoms with Crippen molar-refractivity contribution in [3.05, 3.63) is 0 Å². The fourth-order valence-corrected chi connectivity index (χ4v) is 0. The van der Waals surface area contributed by atoms with Crippen LogP contribution in [0.3, 0.4) is 0 Å². The van der Waals surface area contributed by atoms with E-state index in [1.165, 1.54) is 0 Å². The molecule has 0 unspecified atom stereocenters. The molecule has 5 heavy (non-hydrogen) atoms. The first-order valence-corrected chi connectivity index (χ1v) is 7.28. The van der Waals surface area contributed by atoms with Gasteiger partial charge in [-0.2, -0.15) is 0 Å². The van der Waals surface area contributed by atoms with Gasteiger partial charge in [0.15, 0.2) is 0 Å². The summed E-state index contributed by atoms with van der Waals surface area (Å²) >= 11 is -1.72. The van der Waals surface area contributed by atoms with Crippen LogP contribution < -0.4 is 0 Å². The van der Waals surface area contributed by atoms with Crippen LogP contribution in [0, 0.1) is 27.0 Å². The van der Waals surface area contributed by atoms with Crippen LogP contribution in [-0.4, -0.2) is 0 Å². The van der Waals surface area contributed by atoms with E-state index in [1.807, 2.05) is 0 Å². The van der Waals surface area contributed by atoms with Gasteiger partial charge in [-0.1, -0.05) is 0 Å². The Labute approximate surface area is 76.8 Å². The van der Waals surface area contributed by atoms with Crippen LogP contribution in [0.5, 0.6) is 0 Å². The predicted octanol–water partition coefficient (Wildman–Crippen LogP) is 2.07. The summed E-state index contributed by atoms with van der Waals surface area (Å²) in [6.45, 7) is 14.8. The third kappa shape index (κ3) is 19.0. The third-order valence-electron chi connectivity index (χ3n) is 0. The van der Waals surface area contributed by atoms with Crippen molar-refractivity contribution in [1.29, 1.82) is 0 Å². The first-order chi connectivity index (χ1) is 1.73. The largest absolute Gasteiger partial charge is 0 e. The standard InChI is InChI=1S/3ClH.Er.Y/h3*1H;;/q;;;+3;/p-3. The Morgan fingerprint density at radius 2 is 1.00 bits per heavy atom. The molecule has 0 aliphatic carbocycles. The Hall–Kier alpha value is 3.22. The molecule has 0 saturated heterocycles. The molecule has 0 amide bonds. The number of rotatable bonds is 0. The topological polar surface area (TPSA) is 0 Å². The molecule has 0 aromatic rings. The zero-order valence-electron chi connectivity index (χ0n) is 2.00. The van der Waals surface area contributed by atoms with Crippen LogP contribution in [0.1, 0.15) is 0 Å². The van der Waals surface area contributed by atoms with Crippen molar-refractivity contribution in [2.45, 2.75) is 0 Å². The average molecular weight is 363 g/mol. The molecule has 0 saturated carbocycles. The van der Waals surface area contributed by atoms with Gasteiger partial charge in [-0.3, -0.25) is 0 Å². The molecule has 0 heterocycles. The van der Waals surface area contributed by atoms with E-state index in [1.54, 1.807) is 0 Å². The van der Waals surface area contributed by atoms with E-state index in [0.29, 0.717) is 0 Å². The van der Waals surface area contributed by atoms with Gasteiger partial charge >= 0.3 is 46.5 Å². The molecule has 0 atom stereocenters. The Morgan fingerprint density at radius 1 is 1.00 bits per heavy atom. The maximum atomic E-state index is 4.94. The summed E-state index contributed by atoms with van der Waals surface area (Å²) in [7, 11) is 0. The minimum absolute atomic E-state index is 0. The zero-order valence-corrected chi connectivity index (χ0v) is 8.96. The van der Waals surface area contributed by atoms with Gasteiger partial charge < -0.3 is 0 Å². The summed E-state index contributed by atoms with van der Waals surface area (Å²) in [5, 5.41) is 0. The molecule has 0 fully saturated rings. The molecule has 0 N–H and O–H groups in total. The Balaban J connectivity index is 0. The maximum Gasteiger partial charge on any atom is 0 e. The van der Waals surface area contributed by atoms with Crippen LogP contribution in [0.25, 0.3) is 0 Å². The van der Waals surface area contributed by atoms with Gasteiger partial charge in [0.05, 0.1) is 0 Å². The average Bonchev–Trinajstić information content (AvgIpc) is 0.811. The monoisotopic (exact) mass is 360 g/mol. The van der Waals surface area contributed by atoms with Crippen molar-refractivity contribution >= 4 is 19.4 Å². The molecule has 1 radical (unpaired) electrons. The smallest absolute Gasteiger partial charge is 0 e. The van der Waals surface area contributed by atoms with Gasteiger partial charge in [0.2, 0.25) is 0 Å².